The first-order valence-electron chi connectivity index (χ1n) is 6.61. The van der Waals surface area contributed by atoms with E-state index in [9.17, 15) is 14.4 Å². The van der Waals surface area contributed by atoms with Crippen LogP contribution in [0.3, 0.4) is 0 Å². The molecule has 1 N–H and O–H groups in total. The van der Waals surface area contributed by atoms with Gasteiger partial charge in [0.05, 0.1) is 0 Å². The molecule has 5 heteroatoms. The molecular weight excluding hydrogens is 234 g/mol. The minimum absolute atomic E-state index is 0.0534. The number of Topliss-reactive ketones (excluding diaryl/α,β-unsaturated/α-hetero) is 1. The molecule has 0 unspecified atom stereocenters. The molecule has 0 aromatic carbocycles. The van der Waals surface area contributed by atoms with Crippen molar-refractivity contribution in [3.8, 4) is 0 Å². The van der Waals surface area contributed by atoms with Gasteiger partial charge in [0.15, 0.2) is 0 Å². The zero-order valence-corrected chi connectivity index (χ0v) is 10.9. The van der Waals surface area contributed by atoms with Crippen molar-refractivity contribution in [1.82, 2.24) is 4.90 Å². The minimum atomic E-state index is -0.812. The van der Waals surface area contributed by atoms with Gasteiger partial charge in [0.1, 0.15) is 0 Å². The molecule has 1 fully saturated rings. The molecule has 102 valence electrons. The van der Waals surface area contributed by atoms with Gasteiger partial charge in [-0.2, -0.15) is 0 Å². The Morgan fingerprint density at radius 2 is 2.00 bits per heavy atom. The number of amides is 1. The molecule has 1 rings (SSSR count). The van der Waals surface area contributed by atoms with Crippen LogP contribution in [-0.2, 0) is 14.4 Å². The van der Waals surface area contributed by atoms with Crippen LogP contribution in [-0.4, -0.2) is 40.3 Å². The van der Waals surface area contributed by atoms with E-state index in [-0.39, 0.29) is 24.2 Å². The van der Waals surface area contributed by atoms with Gasteiger partial charge in [0.25, 0.3) is 5.91 Å². The van der Waals surface area contributed by atoms with Crippen molar-refractivity contribution in [3.05, 3.63) is 0 Å². The van der Waals surface area contributed by atoms with Crippen molar-refractivity contribution < 1.29 is 19.5 Å². The number of hydrogen-bond donors (Lipinski definition) is 1. The Bertz CT molecular complexity index is 327. The van der Waals surface area contributed by atoms with Crippen LogP contribution < -0.4 is 0 Å². The number of likely N-dealkylation sites (tertiary alicyclic amines) is 1. The molecule has 1 atom stereocenters. The highest BCUT2D eigenvalue weighted by Crippen LogP contribution is 2.22. The van der Waals surface area contributed by atoms with Crippen molar-refractivity contribution >= 4 is 17.7 Å². The van der Waals surface area contributed by atoms with Crippen molar-refractivity contribution in [3.63, 3.8) is 0 Å². The third kappa shape index (κ3) is 4.13. The summed E-state index contributed by atoms with van der Waals surface area (Å²) < 4.78 is 0. The maximum absolute atomic E-state index is 11.9. The molecule has 0 aromatic rings. The SMILES string of the molecule is CCCC(=O)C(=O)N1CCC[C@@H]1CCCC(=O)O. The Morgan fingerprint density at radius 1 is 1.28 bits per heavy atom. The third-order valence-corrected chi connectivity index (χ3v) is 3.28. The van der Waals surface area contributed by atoms with Crippen LogP contribution in [0.25, 0.3) is 0 Å². The Hall–Kier alpha value is -1.39. The number of ketones is 1. The Morgan fingerprint density at radius 3 is 2.61 bits per heavy atom. The molecule has 1 heterocycles. The van der Waals surface area contributed by atoms with E-state index in [0.717, 1.165) is 12.8 Å². The summed E-state index contributed by atoms with van der Waals surface area (Å²) >= 11 is 0. The minimum Gasteiger partial charge on any atom is -0.481 e. The second kappa shape index (κ2) is 7.13. The molecule has 0 spiro atoms. The summed E-state index contributed by atoms with van der Waals surface area (Å²) in [5, 5.41) is 8.59. The second-order valence-electron chi connectivity index (χ2n) is 4.75. The topological polar surface area (TPSA) is 74.7 Å². The molecule has 1 amide bonds. The fourth-order valence-corrected chi connectivity index (χ4v) is 2.39. The van der Waals surface area contributed by atoms with E-state index in [1.165, 1.54) is 0 Å². The van der Waals surface area contributed by atoms with Gasteiger partial charge in [-0.3, -0.25) is 14.4 Å². The van der Waals surface area contributed by atoms with Gasteiger partial charge in [-0.15, -0.1) is 0 Å². The number of carboxylic acids is 1. The number of carbonyl (C=O) groups excluding carboxylic acids is 2. The lowest BCUT2D eigenvalue weighted by Crippen LogP contribution is -2.40. The first-order chi connectivity index (χ1) is 8.56. The molecule has 18 heavy (non-hydrogen) atoms. The summed E-state index contributed by atoms with van der Waals surface area (Å²) in [4.78, 5) is 35.6. The zero-order chi connectivity index (χ0) is 13.5. The van der Waals surface area contributed by atoms with Crippen molar-refractivity contribution in [2.75, 3.05) is 6.54 Å². The lowest BCUT2D eigenvalue weighted by molar-refractivity contribution is -0.145. The summed E-state index contributed by atoms with van der Waals surface area (Å²) in [5.41, 5.74) is 0. The molecular formula is C13H21NO4. The molecule has 0 aliphatic carbocycles. The van der Waals surface area contributed by atoms with Gasteiger partial charge in [-0.1, -0.05) is 6.92 Å². The standard InChI is InChI=1S/C13H21NO4/c1-2-5-11(15)13(18)14-9-4-7-10(14)6-3-8-12(16)17/h10H,2-9H2,1H3,(H,16,17)/t10-/m0/s1. The van der Waals surface area contributed by atoms with E-state index in [0.29, 0.717) is 32.2 Å². The maximum atomic E-state index is 11.9. The summed E-state index contributed by atoms with van der Waals surface area (Å²) in [5.74, 6) is -1.51. The van der Waals surface area contributed by atoms with Gasteiger partial charge in [-0.05, 0) is 32.1 Å². The van der Waals surface area contributed by atoms with Gasteiger partial charge < -0.3 is 10.0 Å². The third-order valence-electron chi connectivity index (χ3n) is 3.28. The Balaban J connectivity index is 2.46. The number of aliphatic carboxylic acids is 1. The summed E-state index contributed by atoms with van der Waals surface area (Å²) in [7, 11) is 0. The Kier molecular flexibility index (Phi) is 5.82. The van der Waals surface area contributed by atoms with Crippen LogP contribution in [0.4, 0.5) is 0 Å². The molecule has 0 saturated carbocycles. The number of nitrogens with zero attached hydrogens (tertiary/aromatic N) is 1. The quantitative estimate of drug-likeness (QED) is 0.701. The molecule has 0 radical (unpaired) electrons. The van der Waals surface area contributed by atoms with Crippen LogP contribution in [0.1, 0.15) is 51.9 Å². The van der Waals surface area contributed by atoms with Crippen molar-refractivity contribution in [2.24, 2.45) is 0 Å². The highest BCUT2D eigenvalue weighted by molar-refractivity contribution is 6.36. The maximum Gasteiger partial charge on any atom is 0.303 e. The van der Waals surface area contributed by atoms with E-state index < -0.39 is 5.97 Å². The number of hydrogen-bond acceptors (Lipinski definition) is 3. The molecule has 1 aliphatic heterocycles. The zero-order valence-electron chi connectivity index (χ0n) is 10.9. The van der Waals surface area contributed by atoms with Gasteiger partial charge in [0, 0.05) is 25.4 Å². The van der Waals surface area contributed by atoms with Crippen LogP contribution in [0, 0.1) is 0 Å². The average molecular weight is 255 g/mol. The highest BCUT2D eigenvalue weighted by Gasteiger charge is 2.31. The van der Waals surface area contributed by atoms with Gasteiger partial charge >= 0.3 is 5.97 Å². The monoisotopic (exact) mass is 255 g/mol. The number of carbonyl (C=O) groups is 3. The van der Waals surface area contributed by atoms with Gasteiger partial charge in [0.2, 0.25) is 5.78 Å². The number of carboxylic acid groups (broad SMARTS) is 1. The molecule has 0 aromatic heterocycles. The predicted octanol–water partition coefficient (Wildman–Crippen LogP) is 1.60. The second-order valence-corrected chi connectivity index (χ2v) is 4.75. The van der Waals surface area contributed by atoms with Gasteiger partial charge in [-0.25, -0.2) is 0 Å². The number of rotatable bonds is 7. The first kappa shape index (κ1) is 14.7. The summed E-state index contributed by atoms with van der Waals surface area (Å²) in [6.45, 7) is 2.51. The first-order valence-corrected chi connectivity index (χ1v) is 6.61. The smallest absolute Gasteiger partial charge is 0.303 e. The lowest BCUT2D eigenvalue weighted by atomic mass is 10.1. The van der Waals surface area contributed by atoms with E-state index in [4.69, 9.17) is 5.11 Å². The fraction of sp³-hybridized carbons (Fsp3) is 0.769. The predicted molar refractivity (Wildman–Crippen MR) is 66.1 cm³/mol. The molecule has 1 aliphatic rings. The highest BCUT2D eigenvalue weighted by atomic mass is 16.4. The van der Waals surface area contributed by atoms with Crippen LogP contribution in [0.2, 0.25) is 0 Å². The van der Waals surface area contributed by atoms with E-state index >= 15 is 0 Å². The average Bonchev–Trinajstić information content (AvgIpc) is 2.76. The normalized spacial score (nSPS) is 18.9. The lowest BCUT2D eigenvalue weighted by Gasteiger charge is -2.23. The Labute approximate surface area is 107 Å². The molecule has 5 nitrogen and oxygen atoms in total. The fourth-order valence-electron chi connectivity index (χ4n) is 2.39. The van der Waals surface area contributed by atoms with E-state index in [1.54, 1.807) is 4.90 Å². The van der Waals surface area contributed by atoms with Crippen LogP contribution >= 0.6 is 0 Å². The van der Waals surface area contributed by atoms with E-state index in [1.807, 2.05) is 6.92 Å². The van der Waals surface area contributed by atoms with Crippen LogP contribution in [0.15, 0.2) is 0 Å². The summed E-state index contributed by atoms with van der Waals surface area (Å²) in [6.07, 6.45) is 4.14. The summed E-state index contributed by atoms with van der Waals surface area (Å²) in [6, 6.07) is 0.0534. The van der Waals surface area contributed by atoms with Crippen molar-refractivity contribution in [1.29, 1.82) is 0 Å². The largest absolute Gasteiger partial charge is 0.481 e. The van der Waals surface area contributed by atoms with Crippen molar-refractivity contribution in [2.45, 2.75) is 57.9 Å². The molecule has 0 bridgehead atoms. The molecule has 1 saturated heterocycles. The van der Waals surface area contributed by atoms with Crippen LogP contribution in [0.5, 0.6) is 0 Å². The van der Waals surface area contributed by atoms with E-state index in [2.05, 4.69) is 0 Å².